The highest BCUT2D eigenvalue weighted by Gasteiger charge is 2.25. The van der Waals surface area contributed by atoms with Gasteiger partial charge < -0.3 is 9.47 Å². The fourth-order valence-electron chi connectivity index (χ4n) is 3.67. The van der Waals surface area contributed by atoms with Crippen LogP contribution in [0.5, 0.6) is 0 Å². The van der Waals surface area contributed by atoms with Gasteiger partial charge in [-0.15, -0.1) is 11.3 Å². The maximum atomic E-state index is 5.30. The molecule has 4 rings (SSSR count). The molecule has 3 heterocycles. The number of nitrogens with zero attached hydrogens (tertiary/aromatic N) is 3. The van der Waals surface area contributed by atoms with Gasteiger partial charge in [-0.05, 0) is 36.3 Å². The van der Waals surface area contributed by atoms with Crippen LogP contribution in [0.25, 0.3) is 20.4 Å². The number of aryl methyl sites for hydroxylation is 1. The summed E-state index contributed by atoms with van der Waals surface area (Å²) < 4.78 is 11.7. The minimum absolute atomic E-state index is 0.241. The van der Waals surface area contributed by atoms with Crippen molar-refractivity contribution in [2.24, 2.45) is 0 Å². The predicted octanol–water partition coefficient (Wildman–Crippen LogP) is 4.56. The van der Waals surface area contributed by atoms with E-state index in [0.29, 0.717) is 11.7 Å². The highest BCUT2D eigenvalue weighted by molar-refractivity contribution is 7.99. The number of rotatable bonds is 6. The van der Waals surface area contributed by atoms with Crippen molar-refractivity contribution in [2.75, 3.05) is 20.0 Å². The molecule has 0 bridgehead atoms. The zero-order valence-electron chi connectivity index (χ0n) is 15.5. The zero-order chi connectivity index (χ0) is 18.3. The second-order valence-electron chi connectivity index (χ2n) is 6.81. The maximum Gasteiger partial charge on any atom is 0.166 e. The number of aromatic nitrogens is 3. The van der Waals surface area contributed by atoms with Crippen molar-refractivity contribution in [3.63, 3.8) is 0 Å². The number of pyridine rings is 1. The summed E-state index contributed by atoms with van der Waals surface area (Å²) in [6, 6.07) is 0. The quantitative estimate of drug-likeness (QED) is 0.350. The Morgan fingerprint density at radius 3 is 2.65 bits per heavy atom. The first-order chi connectivity index (χ1) is 12.6. The molecule has 0 fully saturated rings. The van der Waals surface area contributed by atoms with Crippen LogP contribution in [-0.4, -0.2) is 41.2 Å². The van der Waals surface area contributed by atoms with Crippen LogP contribution >= 0.6 is 23.1 Å². The third-order valence-corrected chi connectivity index (χ3v) is 7.13. The van der Waals surface area contributed by atoms with Gasteiger partial charge in [0.15, 0.2) is 6.29 Å². The van der Waals surface area contributed by atoms with Crippen LogP contribution in [0.1, 0.15) is 43.0 Å². The minimum atomic E-state index is -0.241. The molecule has 0 spiro atoms. The number of thioether (sulfide) groups is 1. The van der Waals surface area contributed by atoms with Gasteiger partial charge >= 0.3 is 0 Å². The Balaban J connectivity index is 1.85. The molecule has 7 heteroatoms. The van der Waals surface area contributed by atoms with E-state index in [1.807, 2.05) is 0 Å². The molecule has 0 saturated carbocycles. The number of thiophene rings is 1. The van der Waals surface area contributed by atoms with Crippen LogP contribution in [0.2, 0.25) is 0 Å². The SMILES string of the molecule is COC(CSc1ncnc2c1sc1nc(C(C)C)c3c(c12)CCC3)OC. The van der Waals surface area contributed by atoms with Gasteiger partial charge in [0.2, 0.25) is 0 Å². The molecule has 26 heavy (non-hydrogen) atoms. The first kappa shape index (κ1) is 18.1. The molecule has 0 radical (unpaired) electrons. The molecule has 0 aromatic carbocycles. The second-order valence-corrected chi connectivity index (χ2v) is 8.82. The summed E-state index contributed by atoms with van der Waals surface area (Å²) in [5.41, 5.74) is 5.23. The lowest BCUT2D eigenvalue weighted by Crippen LogP contribution is -2.15. The summed E-state index contributed by atoms with van der Waals surface area (Å²) in [6.45, 7) is 4.47. The van der Waals surface area contributed by atoms with Gasteiger partial charge in [-0.25, -0.2) is 15.0 Å². The van der Waals surface area contributed by atoms with E-state index in [4.69, 9.17) is 14.5 Å². The molecule has 0 saturated heterocycles. The molecule has 0 N–H and O–H groups in total. The Labute approximate surface area is 161 Å². The van der Waals surface area contributed by atoms with Gasteiger partial charge in [0.05, 0.1) is 16.0 Å². The molecule has 0 aliphatic heterocycles. The smallest absolute Gasteiger partial charge is 0.166 e. The Bertz CT molecular complexity index is 951. The van der Waals surface area contributed by atoms with E-state index in [1.54, 1.807) is 43.6 Å². The molecule has 0 unspecified atom stereocenters. The van der Waals surface area contributed by atoms with Gasteiger partial charge in [-0.1, -0.05) is 25.6 Å². The predicted molar refractivity (Wildman–Crippen MR) is 107 cm³/mol. The van der Waals surface area contributed by atoms with E-state index in [-0.39, 0.29) is 6.29 Å². The normalized spacial score (nSPS) is 14.2. The molecule has 138 valence electrons. The molecule has 0 amide bonds. The van der Waals surface area contributed by atoms with Crippen molar-refractivity contribution in [1.29, 1.82) is 0 Å². The van der Waals surface area contributed by atoms with E-state index in [0.717, 1.165) is 32.9 Å². The second kappa shape index (κ2) is 7.38. The van der Waals surface area contributed by atoms with Crippen molar-refractivity contribution >= 4 is 43.5 Å². The molecule has 3 aromatic rings. The van der Waals surface area contributed by atoms with Crippen LogP contribution in [0.15, 0.2) is 11.4 Å². The number of hydrogen-bond donors (Lipinski definition) is 0. The Hall–Kier alpha value is -1.28. The topological polar surface area (TPSA) is 57.1 Å². The fraction of sp³-hybridized carbons (Fsp3) is 0.526. The minimum Gasteiger partial charge on any atom is -0.355 e. The summed E-state index contributed by atoms with van der Waals surface area (Å²) in [4.78, 5) is 15.3. The van der Waals surface area contributed by atoms with Crippen LogP contribution in [-0.2, 0) is 22.3 Å². The zero-order valence-corrected chi connectivity index (χ0v) is 17.2. The number of ether oxygens (including phenoxy) is 2. The third kappa shape index (κ3) is 3.01. The monoisotopic (exact) mass is 389 g/mol. The van der Waals surface area contributed by atoms with Crippen molar-refractivity contribution in [2.45, 2.75) is 50.3 Å². The van der Waals surface area contributed by atoms with E-state index in [9.17, 15) is 0 Å². The molecule has 5 nitrogen and oxygen atoms in total. The summed E-state index contributed by atoms with van der Waals surface area (Å²) in [5, 5.41) is 2.23. The average Bonchev–Trinajstić information content (AvgIpc) is 3.25. The van der Waals surface area contributed by atoms with E-state index >= 15 is 0 Å². The van der Waals surface area contributed by atoms with E-state index in [1.165, 1.54) is 28.6 Å². The van der Waals surface area contributed by atoms with Crippen molar-refractivity contribution in [3.05, 3.63) is 23.1 Å². The summed E-state index contributed by atoms with van der Waals surface area (Å²) >= 11 is 3.36. The van der Waals surface area contributed by atoms with Gasteiger partial charge in [0.25, 0.3) is 0 Å². The van der Waals surface area contributed by atoms with Crippen LogP contribution in [0.3, 0.4) is 0 Å². The molecule has 1 aliphatic carbocycles. The third-order valence-electron chi connectivity index (χ3n) is 4.90. The molecule has 0 atom stereocenters. The molecule has 1 aliphatic rings. The van der Waals surface area contributed by atoms with Gasteiger partial charge in [-0.3, -0.25) is 0 Å². The largest absolute Gasteiger partial charge is 0.355 e. The maximum absolute atomic E-state index is 5.30. The van der Waals surface area contributed by atoms with Gasteiger partial charge in [0.1, 0.15) is 16.2 Å². The number of fused-ring (bicyclic) bond motifs is 5. The van der Waals surface area contributed by atoms with Crippen LogP contribution in [0.4, 0.5) is 0 Å². The lowest BCUT2D eigenvalue weighted by molar-refractivity contribution is -0.0842. The highest BCUT2D eigenvalue weighted by atomic mass is 32.2. The Kier molecular flexibility index (Phi) is 5.14. The summed E-state index contributed by atoms with van der Waals surface area (Å²) in [7, 11) is 3.31. The van der Waals surface area contributed by atoms with Crippen molar-refractivity contribution in [3.8, 4) is 0 Å². The number of hydrogen-bond acceptors (Lipinski definition) is 7. The molecular formula is C19H23N3O2S2. The van der Waals surface area contributed by atoms with Crippen LogP contribution < -0.4 is 0 Å². The lowest BCUT2D eigenvalue weighted by atomic mass is 9.99. The van der Waals surface area contributed by atoms with Crippen molar-refractivity contribution < 1.29 is 9.47 Å². The average molecular weight is 390 g/mol. The van der Waals surface area contributed by atoms with Gasteiger partial charge in [0, 0.05) is 25.3 Å². The Morgan fingerprint density at radius 2 is 1.92 bits per heavy atom. The van der Waals surface area contributed by atoms with E-state index in [2.05, 4.69) is 23.8 Å². The number of methoxy groups -OCH3 is 2. The van der Waals surface area contributed by atoms with E-state index < -0.39 is 0 Å². The van der Waals surface area contributed by atoms with Crippen molar-refractivity contribution in [1.82, 2.24) is 15.0 Å². The summed E-state index contributed by atoms with van der Waals surface area (Å²) in [5.74, 6) is 1.14. The first-order valence-corrected chi connectivity index (χ1v) is 10.7. The summed E-state index contributed by atoms with van der Waals surface area (Å²) in [6.07, 6.45) is 4.90. The first-order valence-electron chi connectivity index (χ1n) is 8.91. The molecule has 3 aromatic heterocycles. The standard InChI is InChI=1S/C19H23N3O2S2/c1-10(2)15-12-7-5-6-11(12)14-16-17(26-18(14)22-15)19(21-9-20-16)25-8-13(23-3)24-4/h9-10,13H,5-8H2,1-4H3. The van der Waals surface area contributed by atoms with Gasteiger partial charge in [-0.2, -0.15) is 0 Å². The lowest BCUT2D eigenvalue weighted by Gasteiger charge is -2.12. The highest BCUT2D eigenvalue weighted by Crippen LogP contribution is 2.42. The Morgan fingerprint density at radius 1 is 1.15 bits per heavy atom. The van der Waals surface area contributed by atoms with Crippen LogP contribution in [0, 0.1) is 0 Å². The fourth-order valence-corrected chi connectivity index (χ4v) is 5.93. The molecular weight excluding hydrogens is 366 g/mol.